The van der Waals surface area contributed by atoms with Crippen LogP contribution in [0.4, 0.5) is 5.69 Å². The Morgan fingerprint density at radius 2 is 1.91 bits per heavy atom. The summed E-state index contributed by atoms with van der Waals surface area (Å²) in [4.78, 5) is 23.1. The predicted molar refractivity (Wildman–Crippen MR) is 87.3 cm³/mol. The number of hydrogen-bond acceptors (Lipinski definition) is 2. The minimum absolute atomic E-state index is 0.0508. The third-order valence-corrected chi connectivity index (χ3v) is 3.31. The zero-order valence-electron chi connectivity index (χ0n) is 11.8. The molecule has 0 fully saturated rings. The van der Waals surface area contributed by atoms with Crippen molar-refractivity contribution < 1.29 is 14.7 Å². The van der Waals surface area contributed by atoms with E-state index in [1.165, 1.54) is 24.3 Å². The summed E-state index contributed by atoms with van der Waals surface area (Å²) in [5, 5.41) is 12.0. The maximum atomic E-state index is 11.9. The van der Waals surface area contributed by atoms with Crippen molar-refractivity contribution in [3.05, 3.63) is 70.3 Å². The number of carboxylic acid groups (broad SMARTS) is 1. The predicted octanol–water partition coefficient (Wildman–Crippen LogP) is 4.00. The fourth-order valence-corrected chi connectivity index (χ4v) is 2.09. The summed E-state index contributed by atoms with van der Waals surface area (Å²) in [6, 6.07) is 11.9. The van der Waals surface area contributed by atoms with Crippen LogP contribution < -0.4 is 5.32 Å². The second-order valence-corrected chi connectivity index (χ2v) is 5.11. The molecule has 5 heteroatoms. The molecule has 2 rings (SSSR count). The summed E-state index contributed by atoms with van der Waals surface area (Å²) in [7, 11) is 0. The molecule has 0 aliphatic heterocycles. The second-order valence-electron chi connectivity index (χ2n) is 4.67. The monoisotopic (exact) mass is 315 g/mol. The lowest BCUT2D eigenvalue weighted by Crippen LogP contribution is -2.12. The van der Waals surface area contributed by atoms with E-state index in [1.807, 2.05) is 31.2 Å². The summed E-state index contributed by atoms with van der Waals surface area (Å²) in [6.07, 6.45) is 3.05. The number of carbonyl (C=O) groups is 2. The molecule has 1 amide bonds. The molecule has 0 spiro atoms. The highest BCUT2D eigenvalue weighted by atomic mass is 35.5. The summed E-state index contributed by atoms with van der Waals surface area (Å²) >= 11 is 5.77. The van der Waals surface area contributed by atoms with Crippen LogP contribution in [-0.2, 0) is 4.79 Å². The van der Waals surface area contributed by atoms with E-state index in [9.17, 15) is 9.59 Å². The van der Waals surface area contributed by atoms with Gasteiger partial charge in [0.1, 0.15) is 0 Å². The van der Waals surface area contributed by atoms with Crippen molar-refractivity contribution in [1.29, 1.82) is 0 Å². The number of amides is 1. The van der Waals surface area contributed by atoms with Crippen LogP contribution >= 0.6 is 11.6 Å². The number of rotatable bonds is 4. The molecular weight excluding hydrogens is 302 g/mol. The molecule has 0 bridgehead atoms. The molecule has 0 aliphatic rings. The van der Waals surface area contributed by atoms with Crippen molar-refractivity contribution in [2.24, 2.45) is 0 Å². The lowest BCUT2D eigenvalue weighted by Gasteiger charge is -2.07. The van der Waals surface area contributed by atoms with Gasteiger partial charge in [0.15, 0.2) is 0 Å². The van der Waals surface area contributed by atoms with Gasteiger partial charge >= 0.3 is 5.97 Å². The van der Waals surface area contributed by atoms with Crippen molar-refractivity contribution in [3.8, 4) is 0 Å². The van der Waals surface area contributed by atoms with Crippen LogP contribution in [0, 0.1) is 6.92 Å². The normalized spacial score (nSPS) is 10.6. The molecule has 0 aromatic heterocycles. The Morgan fingerprint density at radius 1 is 1.18 bits per heavy atom. The molecular formula is C17H14ClNO3. The first-order chi connectivity index (χ1) is 10.5. The van der Waals surface area contributed by atoms with E-state index < -0.39 is 11.9 Å². The van der Waals surface area contributed by atoms with Crippen LogP contribution in [0.15, 0.2) is 48.5 Å². The molecule has 0 saturated heterocycles. The minimum atomic E-state index is -1.15. The van der Waals surface area contributed by atoms with Crippen LogP contribution in [0.1, 0.15) is 21.5 Å². The number of aromatic carboxylic acids is 1. The fourth-order valence-electron chi connectivity index (χ4n) is 1.92. The molecule has 22 heavy (non-hydrogen) atoms. The van der Waals surface area contributed by atoms with Gasteiger partial charge in [-0.1, -0.05) is 35.9 Å². The van der Waals surface area contributed by atoms with Crippen molar-refractivity contribution in [1.82, 2.24) is 0 Å². The number of halogens is 1. The molecule has 2 aromatic rings. The number of benzene rings is 2. The molecule has 4 nitrogen and oxygen atoms in total. The average Bonchev–Trinajstić information content (AvgIpc) is 2.48. The third-order valence-electron chi connectivity index (χ3n) is 3.07. The highest BCUT2D eigenvalue weighted by Gasteiger charge is 2.12. The largest absolute Gasteiger partial charge is 0.478 e. The Hall–Kier alpha value is -2.59. The second kappa shape index (κ2) is 6.91. The van der Waals surface area contributed by atoms with Crippen LogP contribution in [-0.4, -0.2) is 17.0 Å². The van der Waals surface area contributed by atoms with Crippen LogP contribution in [0.3, 0.4) is 0 Å². The zero-order valence-corrected chi connectivity index (χ0v) is 12.6. The van der Waals surface area contributed by atoms with E-state index in [0.717, 1.165) is 11.1 Å². The molecule has 2 aromatic carbocycles. The SMILES string of the molecule is Cc1ccccc1/C=C/C(=O)Nc1ccc(Cl)cc1C(=O)O. The van der Waals surface area contributed by atoms with E-state index >= 15 is 0 Å². The van der Waals surface area contributed by atoms with Crippen molar-refractivity contribution in [2.75, 3.05) is 5.32 Å². The molecule has 0 radical (unpaired) electrons. The van der Waals surface area contributed by atoms with E-state index in [0.29, 0.717) is 5.02 Å². The van der Waals surface area contributed by atoms with Crippen molar-refractivity contribution in [2.45, 2.75) is 6.92 Å². The van der Waals surface area contributed by atoms with Gasteiger partial charge in [0.2, 0.25) is 5.91 Å². The van der Waals surface area contributed by atoms with Gasteiger partial charge in [0.25, 0.3) is 0 Å². The Bertz CT molecular complexity index is 753. The Kier molecular flexibility index (Phi) is 4.96. The van der Waals surface area contributed by atoms with E-state index in [1.54, 1.807) is 6.08 Å². The van der Waals surface area contributed by atoms with Crippen LogP contribution in [0.5, 0.6) is 0 Å². The van der Waals surface area contributed by atoms with E-state index in [2.05, 4.69) is 5.32 Å². The first-order valence-electron chi connectivity index (χ1n) is 6.55. The quantitative estimate of drug-likeness (QED) is 0.838. The van der Waals surface area contributed by atoms with E-state index in [4.69, 9.17) is 16.7 Å². The maximum absolute atomic E-state index is 11.9. The maximum Gasteiger partial charge on any atom is 0.337 e. The Balaban J connectivity index is 2.16. The summed E-state index contributed by atoms with van der Waals surface area (Å²) in [6.45, 7) is 1.94. The van der Waals surface area contributed by atoms with Crippen LogP contribution in [0.2, 0.25) is 5.02 Å². The number of hydrogen-bond donors (Lipinski definition) is 2. The molecule has 0 heterocycles. The first kappa shape index (κ1) is 15.8. The number of carboxylic acids is 1. The molecule has 0 saturated carbocycles. The van der Waals surface area contributed by atoms with Gasteiger partial charge in [-0.2, -0.15) is 0 Å². The Labute approximate surface area is 133 Å². The molecule has 2 N–H and O–H groups in total. The highest BCUT2D eigenvalue weighted by Crippen LogP contribution is 2.21. The molecule has 0 atom stereocenters. The summed E-state index contributed by atoms with van der Waals surface area (Å²) < 4.78 is 0. The number of carbonyl (C=O) groups excluding carboxylic acids is 1. The Morgan fingerprint density at radius 3 is 2.59 bits per heavy atom. The van der Waals surface area contributed by atoms with Gasteiger partial charge in [-0.05, 0) is 42.3 Å². The zero-order chi connectivity index (χ0) is 16.1. The lowest BCUT2D eigenvalue weighted by atomic mass is 10.1. The topological polar surface area (TPSA) is 66.4 Å². The number of anilines is 1. The van der Waals surface area contributed by atoms with Gasteiger partial charge in [-0.15, -0.1) is 0 Å². The summed E-state index contributed by atoms with van der Waals surface area (Å²) in [5.41, 5.74) is 2.12. The smallest absolute Gasteiger partial charge is 0.337 e. The minimum Gasteiger partial charge on any atom is -0.478 e. The van der Waals surface area contributed by atoms with Crippen molar-refractivity contribution in [3.63, 3.8) is 0 Å². The number of nitrogens with one attached hydrogen (secondary N) is 1. The van der Waals surface area contributed by atoms with Gasteiger partial charge in [0, 0.05) is 11.1 Å². The third kappa shape index (κ3) is 3.96. The van der Waals surface area contributed by atoms with E-state index in [-0.39, 0.29) is 11.3 Å². The van der Waals surface area contributed by atoms with Gasteiger partial charge in [0.05, 0.1) is 11.3 Å². The molecule has 0 unspecified atom stereocenters. The van der Waals surface area contributed by atoms with Crippen molar-refractivity contribution >= 4 is 35.2 Å². The van der Waals surface area contributed by atoms with Gasteiger partial charge < -0.3 is 10.4 Å². The fraction of sp³-hybridized carbons (Fsp3) is 0.0588. The lowest BCUT2D eigenvalue weighted by molar-refractivity contribution is -0.111. The van der Waals surface area contributed by atoms with Gasteiger partial charge in [-0.25, -0.2) is 4.79 Å². The first-order valence-corrected chi connectivity index (χ1v) is 6.92. The summed E-state index contributed by atoms with van der Waals surface area (Å²) in [5.74, 6) is -1.56. The molecule has 112 valence electrons. The average molecular weight is 316 g/mol. The van der Waals surface area contributed by atoms with Crippen LogP contribution in [0.25, 0.3) is 6.08 Å². The standard InChI is InChI=1S/C17H14ClNO3/c1-11-4-2-3-5-12(11)6-9-16(20)19-15-8-7-13(18)10-14(15)17(21)22/h2-10H,1H3,(H,19,20)(H,21,22)/b9-6+. The highest BCUT2D eigenvalue weighted by molar-refractivity contribution is 6.31. The number of aryl methyl sites for hydroxylation is 1. The van der Waals surface area contributed by atoms with Gasteiger partial charge in [-0.3, -0.25) is 4.79 Å². The molecule has 0 aliphatic carbocycles.